The lowest BCUT2D eigenvalue weighted by Gasteiger charge is -2.26. The summed E-state index contributed by atoms with van der Waals surface area (Å²) in [6.45, 7) is 1.62. The highest BCUT2D eigenvalue weighted by Crippen LogP contribution is 2.28. The monoisotopic (exact) mass is 442 g/mol. The number of halogens is 1. The van der Waals surface area contributed by atoms with Crippen LogP contribution in [0.25, 0.3) is 0 Å². The van der Waals surface area contributed by atoms with Gasteiger partial charge in [-0.15, -0.1) is 11.3 Å². The molecule has 1 aliphatic heterocycles. The Morgan fingerprint density at radius 1 is 1.25 bits per heavy atom. The maximum absolute atomic E-state index is 13.0. The first-order valence-corrected chi connectivity index (χ1v) is 11.8. The lowest BCUT2D eigenvalue weighted by molar-refractivity contribution is 0.0775. The molecule has 3 rings (SSSR count). The number of carbonyl (C=O) groups excluding carboxylic acids is 1. The number of thiophene rings is 1. The molecule has 1 fully saturated rings. The average molecular weight is 443 g/mol. The Bertz CT molecular complexity index is 924. The predicted molar refractivity (Wildman–Crippen MR) is 111 cm³/mol. The van der Waals surface area contributed by atoms with Crippen molar-refractivity contribution in [3.8, 4) is 5.75 Å². The van der Waals surface area contributed by atoms with E-state index >= 15 is 0 Å². The van der Waals surface area contributed by atoms with Gasteiger partial charge in [-0.05, 0) is 42.5 Å². The van der Waals surface area contributed by atoms with Crippen LogP contribution >= 0.6 is 22.9 Å². The lowest BCUT2D eigenvalue weighted by atomic mass is 10.2. The number of likely N-dealkylation sites (N-methyl/N-ethyl adjacent to an activating group) is 1. The largest absolute Gasteiger partial charge is 0.492 e. The van der Waals surface area contributed by atoms with Crippen LogP contribution in [0.2, 0.25) is 5.02 Å². The van der Waals surface area contributed by atoms with Gasteiger partial charge in [0, 0.05) is 25.2 Å². The Kier molecular flexibility index (Phi) is 6.98. The summed E-state index contributed by atoms with van der Waals surface area (Å²) in [6, 6.07) is 8.56. The van der Waals surface area contributed by atoms with Crippen molar-refractivity contribution in [2.75, 3.05) is 33.3 Å². The number of nitrogens with zero attached hydrogens (tertiary/aromatic N) is 2. The van der Waals surface area contributed by atoms with Gasteiger partial charge in [0.25, 0.3) is 5.91 Å². The molecule has 0 unspecified atom stereocenters. The average Bonchev–Trinajstić information content (AvgIpc) is 3.19. The molecule has 1 aromatic heterocycles. The summed E-state index contributed by atoms with van der Waals surface area (Å²) in [6.07, 6.45) is 2.75. The van der Waals surface area contributed by atoms with Crippen molar-refractivity contribution in [1.82, 2.24) is 9.21 Å². The van der Waals surface area contributed by atoms with E-state index in [0.29, 0.717) is 30.4 Å². The summed E-state index contributed by atoms with van der Waals surface area (Å²) in [5, 5.41) is 2.23. The third-order valence-electron chi connectivity index (χ3n) is 4.59. The summed E-state index contributed by atoms with van der Waals surface area (Å²) < 4.78 is 33.0. The maximum Gasteiger partial charge on any atom is 0.265 e. The van der Waals surface area contributed by atoms with Gasteiger partial charge in [-0.2, -0.15) is 4.31 Å². The van der Waals surface area contributed by atoms with Crippen molar-refractivity contribution in [3.05, 3.63) is 45.6 Å². The van der Waals surface area contributed by atoms with Crippen LogP contribution < -0.4 is 4.74 Å². The highest BCUT2D eigenvalue weighted by atomic mass is 35.5. The summed E-state index contributed by atoms with van der Waals surface area (Å²) in [5.74, 6) is 0.304. The molecule has 6 nitrogen and oxygen atoms in total. The first-order chi connectivity index (χ1) is 13.4. The van der Waals surface area contributed by atoms with Crippen LogP contribution in [-0.2, 0) is 10.0 Å². The fourth-order valence-electron chi connectivity index (χ4n) is 3.03. The maximum atomic E-state index is 13.0. The highest BCUT2D eigenvalue weighted by molar-refractivity contribution is 7.89. The van der Waals surface area contributed by atoms with Crippen molar-refractivity contribution in [2.24, 2.45) is 0 Å². The Labute approximate surface area is 174 Å². The molecule has 1 aliphatic rings. The van der Waals surface area contributed by atoms with E-state index in [9.17, 15) is 13.2 Å². The topological polar surface area (TPSA) is 66.9 Å². The number of piperidine rings is 1. The Morgan fingerprint density at radius 2 is 2.00 bits per heavy atom. The third-order valence-corrected chi connectivity index (χ3v) is 7.80. The standard InChI is InChI=1S/C19H23ClN2O4S2/c1-21(11-12-26-16-7-5-6-15(20)14-16)19(23)18-17(8-13-27-18)28(24,25)22-9-3-2-4-10-22/h5-8,13-14H,2-4,9-12H2,1H3. The fourth-order valence-corrected chi connectivity index (χ4v) is 6.12. The number of amides is 1. The second kappa shape index (κ2) is 9.26. The first-order valence-electron chi connectivity index (χ1n) is 9.11. The van der Waals surface area contributed by atoms with Crippen molar-refractivity contribution >= 4 is 38.9 Å². The normalized spacial score (nSPS) is 15.4. The van der Waals surface area contributed by atoms with Crippen LogP contribution in [0.15, 0.2) is 40.6 Å². The molecule has 2 aromatic rings. The molecule has 2 heterocycles. The SMILES string of the molecule is CN(CCOc1cccc(Cl)c1)C(=O)c1sccc1S(=O)(=O)N1CCCCC1. The van der Waals surface area contributed by atoms with Crippen molar-refractivity contribution in [3.63, 3.8) is 0 Å². The zero-order chi connectivity index (χ0) is 20.1. The lowest BCUT2D eigenvalue weighted by Crippen LogP contribution is -2.37. The quantitative estimate of drug-likeness (QED) is 0.655. The third kappa shape index (κ3) is 4.86. The van der Waals surface area contributed by atoms with Crippen LogP contribution in [-0.4, -0.2) is 56.8 Å². The van der Waals surface area contributed by atoms with E-state index in [1.165, 1.54) is 15.3 Å². The molecule has 0 N–H and O–H groups in total. The van der Waals surface area contributed by atoms with Crippen LogP contribution in [0.3, 0.4) is 0 Å². The summed E-state index contributed by atoms with van der Waals surface area (Å²) >= 11 is 7.08. The molecule has 0 aliphatic carbocycles. The molecule has 28 heavy (non-hydrogen) atoms. The Morgan fingerprint density at radius 3 is 2.71 bits per heavy atom. The zero-order valence-electron chi connectivity index (χ0n) is 15.6. The van der Waals surface area contributed by atoms with Gasteiger partial charge in [0.15, 0.2) is 0 Å². The molecule has 0 atom stereocenters. The van der Waals surface area contributed by atoms with Crippen molar-refractivity contribution < 1.29 is 17.9 Å². The van der Waals surface area contributed by atoms with Gasteiger partial charge in [-0.1, -0.05) is 24.1 Å². The van der Waals surface area contributed by atoms with Crippen LogP contribution in [0, 0.1) is 0 Å². The number of sulfonamides is 1. The minimum atomic E-state index is -3.65. The molecule has 1 aromatic carbocycles. The van der Waals surface area contributed by atoms with Crippen LogP contribution in [0.5, 0.6) is 5.75 Å². The molecule has 0 bridgehead atoms. The van der Waals surface area contributed by atoms with E-state index in [1.54, 1.807) is 36.7 Å². The van der Waals surface area contributed by atoms with Gasteiger partial charge in [0.1, 0.15) is 22.1 Å². The van der Waals surface area contributed by atoms with Gasteiger partial charge in [-0.3, -0.25) is 4.79 Å². The van der Waals surface area contributed by atoms with Gasteiger partial charge < -0.3 is 9.64 Å². The molecular weight excluding hydrogens is 420 g/mol. The number of ether oxygens (including phenoxy) is 1. The molecule has 1 saturated heterocycles. The smallest absolute Gasteiger partial charge is 0.265 e. The summed E-state index contributed by atoms with van der Waals surface area (Å²) in [7, 11) is -2.01. The van der Waals surface area contributed by atoms with Crippen molar-refractivity contribution in [2.45, 2.75) is 24.2 Å². The van der Waals surface area contributed by atoms with Crippen LogP contribution in [0.1, 0.15) is 28.9 Å². The summed E-state index contributed by atoms with van der Waals surface area (Å²) in [5.41, 5.74) is 0. The van der Waals surface area contributed by atoms with E-state index in [-0.39, 0.29) is 22.3 Å². The molecule has 9 heteroatoms. The fraction of sp³-hybridized carbons (Fsp3) is 0.421. The number of rotatable bonds is 7. The molecule has 1 amide bonds. The van der Waals surface area contributed by atoms with Gasteiger partial charge >= 0.3 is 0 Å². The minimum absolute atomic E-state index is 0.104. The first kappa shape index (κ1) is 21.1. The second-order valence-electron chi connectivity index (χ2n) is 6.61. The molecule has 152 valence electrons. The minimum Gasteiger partial charge on any atom is -0.492 e. The molecule has 0 saturated carbocycles. The number of benzene rings is 1. The van der Waals surface area contributed by atoms with Gasteiger partial charge in [0.2, 0.25) is 10.0 Å². The van der Waals surface area contributed by atoms with Crippen LogP contribution in [0.4, 0.5) is 0 Å². The number of hydrogen-bond acceptors (Lipinski definition) is 5. The second-order valence-corrected chi connectivity index (χ2v) is 9.87. The highest BCUT2D eigenvalue weighted by Gasteiger charge is 2.31. The predicted octanol–water partition coefficient (Wildman–Crippen LogP) is 3.73. The van der Waals surface area contributed by atoms with E-state index in [1.807, 2.05) is 0 Å². The van der Waals surface area contributed by atoms with Gasteiger partial charge in [-0.25, -0.2) is 8.42 Å². The number of carbonyl (C=O) groups is 1. The van der Waals surface area contributed by atoms with Crippen molar-refractivity contribution in [1.29, 1.82) is 0 Å². The molecule has 0 radical (unpaired) electrons. The van der Waals surface area contributed by atoms with Gasteiger partial charge in [0.05, 0.1) is 6.54 Å². The Balaban J connectivity index is 1.65. The Hall–Kier alpha value is -1.61. The van der Waals surface area contributed by atoms with E-state index in [4.69, 9.17) is 16.3 Å². The van der Waals surface area contributed by atoms with E-state index < -0.39 is 10.0 Å². The molecular formula is C19H23ClN2O4S2. The summed E-state index contributed by atoms with van der Waals surface area (Å²) in [4.78, 5) is 14.7. The van der Waals surface area contributed by atoms with E-state index in [2.05, 4.69) is 0 Å². The number of hydrogen-bond donors (Lipinski definition) is 0. The molecule has 0 spiro atoms. The zero-order valence-corrected chi connectivity index (χ0v) is 18.0. The van der Waals surface area contributed by atoms with E-state index in [0.717, 1.165) is 30.6 Å².